The number of nitrogen functional groups attached to an aromatic ring is 1. The van der Waals surface area contributed by atoms with Crippen LogP contribution >= 0.6 is 11.3 Å². The van der Waals surface area contributed by atoms with Crippen molar-refractivity contribution in [2.24, 2.45) is 5.92 Å². The number of hydrogen-bond acceptors (Lipinski definition) is 11. The van der Waals surface area contributed by atoms with Crippen LogP contribution in [0.3, 0.4) is 0 Å². The lowest BCUT2D eigenvalue weighted by molar-refractivity contribution is -0.145. The monoisotopic (exact) mass is 748 g/mol. The average molecular weight is 749 g/mol. The average Bonchev–Trinajstić information content (AvgIpc) is 3.55. The third-order valence-corrected chi connectivity index (χ3v) is 10.9. The van der Waals surface area contributed by atoms with E-state index >= 15 is 0 Å². The van der Waals surface area contributed by atoms with E-state index in [9.17, 15) is 24.3 Å². The summed E-state index contributed by atoms with van der Waals surface area (Å²) in [4.78, 5) is 63.9. The van der Waals surface area contributed by atoms with Crippen LogP contribution in [-0.4, -0.2) is 87.3 Å². The van der Waals surface area contributed by atoms with Crippen LogP contribution < -0.4 is 25.8 Å². The zero-order valence-electron chi connectivity index (χ0n) is 30.3. The van der Waals surface area contributed by atoms with Gasteiger partial charge in [0.15, 0.2) is 5.13 Å². The van der Waals surface area contributed by atoms with E-state index in [1.54, 1.807) is 30.7 Å². The smallest absolute Gasteiger partial charge is 0.408 e. The van der Waals surface area contributed by atoms with Crippen LogP contribution in [-0.2, 0) is 19.1 Å². The highest BCUT2D eigenvalue weighted by atomic mass is 32.1. The van der Waals surface area contributed by atoms with Crippen molar-refractivity contribution in [2.75, 3.05) is 19.4 Å². The van der Waals surface area contributed by atoms with Crippen LogP contribution in [0.25, 0.3) is 22.3 Å². The van der Waals surface area contributed by atoms with Gasteiger partial charge in [-0.15, -0.1) is 11.3 Å². The second-order valence-corrected chi connectivity index (χ2v) is 15.0. The summed E-state index contributed by atoms with van der Waals surface area (Å²) in [5.41, 5.74) is 6.10. The molecule has 0 spiro atoms. The van der Waals surface area contributed by atoms with Crippen LogP contribution in [0.5, 0.6) is 11.5 Å². The fourth-order valence-electron chi connectivity index (χ4n) is 7.21. The number of anilines is 1. The maximum absolute atomic E-state index is 14.1. The van der Waals surface area contributed by atoms with E-state index in [2.05, 4.69) is 22.5 Å². The predicted octanol–water partition coefficient (Wildman–Crippen LogP) is 5.45. The van der Waals surface area contributed by atoms with Crippen molar-refractivity contribution in [1.82, 2.24) is 25.5 Å². The Hall–Kier alpha value is -4.92. The summed E-state index contributed by atoms with van der Waals surface area (Å²) < 4.78 is 17.5. The molecule has 14 nitrogen and oxygen atoms in total. The molecule has 1 aliphatic heterocycles. The minimum atomic E-state index is -1.47. The third kappa shape index (κ3) is 8.66. The van der Waals surface area contributed by atoms with E-state index in [-0.39, 0.29) is 31.4 Å². The molecule has 284 valence electrons. The molecule has 1 saturated heterocycles. The normalized spacial score (nSPS) is 23.2. The van der Waals surface area contributed by atoms with Crippen LogP contribution in [0.4, 0.5) is 9.93 Å². The summed E-state index contributed by atoms with van der Waals surface area (Å²) in [6.45, 7) is 3.66. The lowest BCUT2D eigenvalue weighted by Crippen LogP contribution is -2.56. The van der Waals surface area contributed by atoms with Gasteiger partial charge in [-0.2, -0.15) is 0 Å². The minimum absolute atomic E-state index is 0.000394. The summed E-state index contributed by atoms with van der Waals surface area (Å²) in [5, 5.41) is 18.5. The molecular formula is C38H48N6O8S. The molecule has 3 heterocycles. The zero-order valence-corrected chi connectivity index (χ0v) is 31.2. The molecule has 3 aliphatic rings. The number of amides is 3. The molecule has 53 heavy (non-hydrogen) atoms. The van der Waals surface area contributed by atoms with E-state index in [0.717, 1.165) is 51.4 Å². The standard InChI is InChI=1S/C38H48N6O8S/c1-4-5-6-7-8-11-23-19-38(23,35(47)48)43-33(45)31-17-26(20-44(31)34(46)22(2)40-37(49)52-24-12-9-10-13-24)51-32-18-29(30-21-53-36(39)42-30)41-28-16-25(50-3)14-15-27(28)32/h8,11,14-16,18,21-24,26,31H,4-7,9-10,12-13,17,19-20H2,1-3H3,(H2,39,42)(H,40,49)(H,43,45)(H,47,48)/t22-,23?,26+,31-,38+/m0/s1. The number of rotatable bonds is 15. The zero-order chi connectivity index (χ0) is 37.7. The fraction of sp³-hybridized carbons (Fsp3) is 0.526. The number of likely N-dealkylation sites (tertiary alicyclic amines) is 1. The number of aliphatic carboxylic acids is 1. The number of fused-ring (bicyclic) bond motifs is 1. The molecular weight excluding hydrogens is 701 g/mol. The van der Waals surface area contributed by atoms with Crippen molar-refractivity contribution in [3.05, 3.63) is 41.8 Å². The Morgan fingerprint density at radius 2 is 1.92 bits per heavy atom. The Labute approximate surface area is 312 Å². The number of nitrogens with two attached hydrogens (primary N) is 1. The first-order valence-electron chi connectivity index (χ1n) is 18.4. The summed E-state index contributed by atoms with van der Waals surface area (Å²) in [6, 6.07) is 5.02. The molecule has 5 N–H and O–H groups in total. The number of alkyl carbamates (subject to hydrolysis) is 1. The van der Waals surface area contributed by atoms with Gasteiger partial charge in [-0.1, -0.05) is 31.9 Å². The summed E-state index contributed by atoms with van der Waals surface area (Å²) >= 11 is 1.28. The van der Waals surface area contributed by atoms with Gasteiger partial charge in [0, 0.05) is 35.2 Å². The first-order valence-corrected chi connectivity index (χ1v) is 19.3. The molecule has 5 atom stereocenters. The molecule has 2 saturated carbocycles. The second kappa shape index (κ2) is 16.4. The van der Waals surface area contributed by atoms with Crippen LogP contribution in [0.2, 0.25) is 0 Å². The quantitative estimate of drug-likeness (QED) is 0.114. The highest BCUT2D eigenvalue weighted by molar-refractivity contribution is 7.13. The first kappa shape index (κ1) is 37.8. The number of nitrogens with zero attached hydrogens (tertiary/aromatic N) is 3. The highest BCUT2D eigenvalue weighted by Crippen LogP contribution is 2.45. The molecule has 6 rings (SSSR count). The van der Waals surface area contributed by atoms with Gasteiger partial charge in [0.05, 0.1) is 24.9 Å². The molecule has 1 aromatic carbocycles. The Kier molecular flexibility index (Phi) is 11.7. The number of unbranched alkanes of at least 4 members (excludes halogenated alkanes) is 3. The van der Waals surface area contributed by atoms with Gasteiger partial charge in [-0.3, -0.25) is 9.59 Å². The number of carbonyl (C=O) groups is 4. The van der Waals surface area contributed by atoms with E-state index < -0.39 is 47.6 Å². The van der Waals surface area contributed by atoms with Gasteiger partial charge < -0.3 is 40.6 Å². The molecule has 2 aromatic heterocycles. The van der Waals surface area contributed by atoms with E-state index in [1.807, 2.05) is 18.2 Å². The number of nitrogens with one attached hydrogen (secondary N) is 2. The van der Waals surface area contributed by atoms with Gasteiger partial charge in [-0.05, 0) is 64.0 Å². The maximum atomic E-state index is 14.1. The van der Waals surface area contributed by atoms with Gasteiger partial charge in [0.2, 0.25) is 11.8 Å². The lowest BCUT2D eigenvalue weighted by Gasteiger charge is -2.28. The number of aromatic nitrogens is 2. The molecule has 3 amide bonds. The maximum Gasteiger partial charge on any atom is 0.408 e. The number of pyridine rings is 1. The Morgan fingerprint density at radius 1 is 1.13 bits per heavy atom. The van der Waals surface area contributed by atoms with Crippen molar-refractivity contribution in [2.45, 2.75) is 108 Å². The minimum Gasteiger partial charge on any atom is -0.497 e. The lowest BCUT2D eigenvalue weighted by atomic mass is 10.1. The first-order chi connectivity index (χ1) is 25.5. The van der Waals surface area contributed by atoms with E-state index in [0.29, 0.717) is 38.9 Å². The summed E-state index contributed by atoms with van der Waals surface area (Å²) in [6.07, 6.45) is 10.1. The number of carboxylic acids is 1. The number of hydrogen-bond donors (Lipinski definition) is 4. The Morgan fingerprint density at radius 3 is 2.62 bits per heavy atom. The Balaban J connectivity index is 1.25. The molecule has 15 heteroatoms. The van der Waals surface area contributed by atoms with Gasteiger partial charge in [-0.25, -0.2) is 19.6 Å². The second-order valence-electron chi connectivity index (χ2n) is 14.1. The number of ether oxygens (including phenoxy) is 3. The molecule has 1 unspecified atom stereocenters. The molecule has 0 radical (unpaired) electrons. The number of thiazole rings is 1. The van der Waals surface area contributed by atoms with Crippen molar-refractivity contribution < 1.29 is 38.5 Å². The van der Waals surface area contributed by atoms with Crippen LogP contribution in [0.15, 0.2) is 41.8 Å². The number of benzene rings is 1. The molecule has 3 fully saturated rings. The van der Waals surface area contributed by atoms with E-state index in [4.69, 9.17) is 24.9 Å². The Bertz CT molecular complexity index is 1860. The third-order valence-electron chi connectivity index (χ3n) is 10.3. The van der Waals surface area contributed by atoms with E-state index in [1.165, 1.54) is 23.2 Å². The van der Waals surface area contributed by atoms with Crippen LogP contribution in [0.1, 0.15) is 78.1 Å². The van der Waals surface area contributed by atoms with Crippen molar-refractivity contribution >= 4 is 51.2 Å². The SMILES string of the molecule is CCCCCC=CC1C[C@]1(NC(=O)[C@@H]1C[C@@H](Oc2cc(-c3csc(N)n3)nc3cc(OC)ccc23)CN1C(=O)[C@H](C)NC(=O)OC1CCCC1)C(=O)O. The number of allylic oxidation sites excluding steroid dienone is 1. The highest BCUT2D eigenvalue weighted by Gasteiger charge is 2.61. The molecule has 3 aromatic rings. The van der Waals surface area contributed by atoms with Crippen molar-refractivity contribution in [1.29, 1.82) is 0 Å². The van der Waals surface area contributed by atoms with Gasteiger partial charge >= 0.3 is 12.1 Å². The van der Waals surface area contributed by atoms with Crippen molar-refractivity contribution in [3.8, 4) is 22.9 Å². The topological polar surface area (TPSA) is 195 Å². The largest absolute Gasteiger partial charge is 0.497 e. The molecule has 2 aliphatic carbocycles. The van der Waals surface area contributed by atoms with Crippen molar-refractivity contribution in [3.63, 3.8) is 0 Å². The summed E-state index contributed by atoms with van der Waals surface area (Å²) in [7, 11) is 1.56. The van der Waals surface area contributed by atoms with Gasteiger partial charge in [0.1, 0.15) is 47.0 Å². The number of carbonyl (C=O) groups excluding carboxylic acids is 3. The summed E-state index contributed by atoms with van der Waals surface area (Å²) in [5.74, 6) is -1.58. The number of methoxy groups -OCH3 is 1. The molecule has 0 bridgehead atoms. The number of carboxylic acid groups (broad SMARTS) is 1. The predicted molar refractivity (Wildman–Crippen MR) is 200 cm³/mol. The van der Waals surface area contributed by atoms with Crippen LogP contribution in [0, 0.1) is 5.92 Å². The fourth-order valence-corrected chi connectivity index (χ4v) is 7.77. The van der Waals surface area contributed by atoms with Gasteiger partial charge in [0.25, 0.3) is 0 Å².